The van der Waals surface area contributed by atoms with Crippen LogP contribution < -0.4 is 14.8 Å². The van der Waals surface area contributed by atoms with Crippen LogP contribution in [-0.4, -0.2) is 13.7 Å². The number of benzene rings is 2. The monoisotopic (exact) mass is 387 g/mol. The summed E-state index contributed by atoms with van der Waals surface area (Å²) >= 11 is 6.02. The molecule has 0 aliphatic heterocycles. The van der Waals surface area contributed by atoms with Crippen LogP contribution in [0.5, 0.6) is 11.5 Å². The van der Waals surface area contributed by atoms with E-state index in [1.165, 1.54) is 18.6 Å². The molecule has 6 heteroatoms. The van der Waals surface area contributed by atoms with Crippen molar-refractivity contribution in [2.45, 2.75) is 32.9 Å². The Labute approximate surface area is 159 Å². The highest BCUT2D eigenvalue weighted by atomic mass is 35.5. The molecule has 0 atom stereocenters. The van der Waals surface area contributed by atoms with Crippen molar-refractivity contribution in [1.82, 2.24) is 5.32 Å². The van der Waals surface area contributed by atoms with Crippen molar-refractivity contribution >= 4 is 24.0 Å². The molecule has 2 rings (SSSR count). The van der Waals surface area contributed by atoms with Gasteiger partial charge < -0.3 is 14.8 Å². The van der Waals surface area contributed by atoms with Gasteiger partial charge in [-0.05, 0) is 42.8 Å². The minimum Gasteiger partial charge on any atom is -0.493 e. The molecule has 0 unspecified atom stereocenters. The van der Waals surface area contributed by atoms with E-state index >= 15 is 0 Å². The highest BCUT2D eigenvalue weighted by Gasteiger charge is 2.08. The summed E-state index contributed by atoms with van der Waals surface area (Å²) in [6, 6.07) is 10.1. The summed E-state index contributed by atoms with van der Waals surface area (Å²) in [6.07, 6.45) is 2.34. The normalized spacial score (nSPS) is 10.2. The molecule has 25 heavy (non-hydrogen) atoms. The van der Waals surface area contributed by atoms with Gasteiger partial charge in [0.2, 0.25) is 0 Å². The maximum atomic E-state index is 13.1. The molecule has 2 aromatic rings. The van der Waals surface area contributed by atoms with Crippen molar-refractivity contribution in [1.29, 1.82) is 0 Å². The average molecular weight is 388 g/mol. The first-order valence-corrected chi connectivity index (χ1v) is 8.46. The second-order valence-electron chi connectivity index (χ2n) is 5.54. The van der Waals surface area contributed by atoms with Crippen LogP contribution in [0.3, 0.4) is 0 Å². The zero-order valence-electron chi connectivity index (χ0n) is 14.5. The molecule has 2 aromatic carbocycles. The fourth-order valence-electron chi connectivity index (χ4n) is 2.27. The van der Waals surface area contributed by atoms with E-state index in [0.717, 1.165) is 30.6 Å². The molecule has 138 valence electrons. The van der Waals surface area contributed by atoms with E-state index in [-0.39, 0.29) is 24.8 Å². The van der Waals surface area contributed by atoms with E-state index in [9.17, 15) is 4.39 Å². The van der Waals surface area contributed by atoms with Crippen LogP contribution in [0.4, 0.5) is 4.39 Å². The van der Waals surface area contributed by atoms with Crippen molar-refractivity contribution in [2.75, 3.05) is 13.7 Å². The Morgan fingerprint density at radius 2 is 1.92 bits per heavy atom. The molecule has 0 aromatic heterocycles. The molecule has 0 spiro atoms. The Hall–Kier alpha value is -1.49. The molecule has 0 radical (unpaired) electrons. The summed E-state index contributed by atoms with van der Waals surface area (Å²) in [4.78, 5) is 0. The van der Waals surface area contributed by atoms with E-state index in [1.807, 2.05) is 18.2 Å². The highest BCUT2D eigenvalue weighted by Crippen LogP contribution is 2.29. The van der Waals surface area contributed by atoms with Gasteiger partial charge in [0.05, 0.1) is 12.1 Å². The Morgan fingerprint density at radius 3 is 2.60 bits per heavy atom. The van der Waals surface area contributed by atoms with E-state index < -0.39 is 0 Å². The molecular weight excluding hydrogens is 364 g/mol. The number of ether oxygens (including phenoxy) is 2. The van der Waals surface area contributed by atoms with Gasteiger partial charge in [-0.3, -0.25) is 0 Å². The second kappa shape index (κ2) is 11.2. The molecular formula is C19H24Cl2FNO2. The molecule has 0 saturated carbocycles. The van der Waals surface area contributed by atoms with E-state index in [1.54, 1.807) is 13.2 Å². The van der Waals surface area contributed by atoms with Gasteiger partial charge in [-0.1, -0.05) is 37.1 Å². The van der Waals surface area contributed by atoms with Gasteiger partial charge in [0.15, 0.2) is 11.5 Å². The summed E-state index contributed by atoms with van der Waals surface area (Å²) in [5.74, 6) is 0.944. The lowest BCUT2D eigenvalue weighted by Gasteiger charge is -2.13. The molecule has 0 amide bonds. The fraction of sp³-hybridized carbons (Fsp3) is 0.368. The third-order valence-corrected chi connectivity index (χ3v) is 4.01. The summed E-state index contributed by atoms with van der Waals surface area (Å²) < 4.78 is 24.3. The third kappa shape index (κ3) is 6.73. The van der Waals surface area contributed by atoms with Gasteiger partial charge in [0, 0.05) is 12.1 Å². The van der Waals surface area contributed by atoms with E-state index in [2.05, 4.69) is 12.2 Å². The number of hydrogen-bond acceptors (Lipinski definition) is 3. The van der Waals surface area contributed by atoms with Crippen molar-refractivity contribution in [3.05, 3.63) is 58.4 Å². The van der Waals surface area contributed by atoms with Gasteiger partial charge in [-0.25, -0.2) is 4.39 Å². The highest BCUT2D eigenvalue weighted by molar-refractivity contribution is 6.31. The van der Waals surface area contributed by atoms with Crippen LogP contribution in [0.25, 0.3) is 0 Å². The van der Waals surface area contributed by atoms with Crippen LogP contribution in [0.1, 0.15) is 30.9 Å². The zero-order valence-corrected chi connectivity index (χ0v) is 16.1. The molecule has 0 bridgehead atoms. The standard InChI is InChI=1S/C19H23ClFNO2.ClH/c1-3-4-9-22-12-14-5-8-18(19(10-14)23-2)24-13-15-6-7-16(21)11-17(15)20;/h5-8,10-11,22H,3-4,9,12-13H2,1-2H3;1H. The van der Waals surface area contributed by atoms with Crippen molar-refractivity contribution < 1.29 is 13.9 Å². The van der Waals surface area contributed by atoms with Crippen LogP contribution in [-0.2, 0) is 13.2 Å². The van der Waals surface area contributed by atoms with E-state index in [0.29, 0.717) is 16.5 Å². The largest absolute Gasteiger partial charge is 0.493 e. The van der Waals surface area contributed by atoms with Crippen LogP contribution in [0, 0.1) is 5.82 Å². The maximum Gasteiger partial charge on any atom is 0.161 e. The molecule has 0 fully saturated rings. The van der Waals surface area contributed by atoms with Crippen molar-refractivity contribution in [3.63, 3.8) is 0 Å². The first-order chi connectivity index (χ1) is 11.6. The smallest absolute Gasteiger partial charge is 0.161 e. The summed E-state index contributed by atoms with van der Waals surface area (Å²) in [6.45, 7) is 4.22. The number of rotatable bonds is 9. The van der Waals surface area contributed by atoms with Crippen molar-refractivity contribution in [2.24, 2.45) is 0 Å². The van der Waals surface area contributed by atoms with Gasteiger partial charge in [0.1, 0.15) is 12.4 Å². The van der Waals surface area contributed by atoms with Crippen molar-refractivity contribution in [3.8, 4) is 11.5 Å². The van der Waals surface area contributed by atoms with Crippen LogP contribution in [0.2, 0.25) is 5.02 Å². The first-order valence-electron chi connectivity index (χ1n) is 8.08. The number of hydrogen-bond donors (Lipinski definition) is 1. The molecule has 0 saturated heterocycles. The van der Waals surface area contributed by atoms with Crippen LogP contribution in [0.15, 0.2) is 36.4 Å². The minimum absolute atomic E-state index is 0. The SMILES string of the molecule is CCCCNCc1ccc(OCc2ccc(F)cc2Cl)c(OC)c1.Cl. The summed E-state index contributed by atoms with van der Waals surface area (Å²) in [5, 5.41) is 3.75. The Kier molecular flexibility index (Phi) is 9.65. The lowest BCUT2D eigenvalue weighted by molar-refractivity contribution is 0.284. The Morgan fingerprint density at radius 1 is 1.12 bits per heavy atom. The lowest BCUT2D eigenvalue weighted by atomic mass is 10.2. The topological polar surface area (TPSA) is 30.5 Å². The fourth-order valence-corrected chi connectivity index (χ4v) is 2.49. The third-order valence-electron chi connectivity index (χ3n) is 3.66. The van der Waals surface area contributed by atoms with E-state index in [4.69, 9.17) is 21.1 Å². The minimum atomic E-state index is -0.360. The number of methoxy groups -OCH3 is 1. The number of halogens is 3. The molecule has 3 nitrogen and oxygen atoms in total. The molecule has 0 aliphatic carbocycles. The number of nitrogens with one attached hydrogen (secondary N) is 1. The maximum absolute atomic E-state index is 13.1. The number of unbranched alkanes of at least 4 members (excludes halogenated alkanes) is 1. The molecule has 1 N–H and O–H groups in total. The van der Waals surface area contributed by atoms with Gasteiger partial charge in [0.25, 0.3) is 0 Å². The first kappa shape index (κ1) is 21.6. The molecule has 0 aliphatic rings. The lowest BCUT2D eigenvalue weighted by Crippen LogP contribution is -2.14. The second-order valence-corrected chi connectivity index (χ2v) is 5.95. The van der Waals surface area contributed by atoms with Gasteiger partial charge in [-0.2, -0.15) is 0 Å². The Bertz CT molecular complexity index is 668. The summed E-state index contributed by atoms with van der Waals surface area (Å²) in [7, 11) is 1.61. The summed E-state index contributed by atoms with van der Waals surface area (Å²) in [5.41, 5.74) is 1.86. The molecule has 0 heterocycles. The predicted molar refractivity (Wildman–Crippen MR) is 103 cm³/mol. The quantitative estimate of drug-likeness (QED) is 0.585. The zero-order chi connectivity index (χ0) is 17.4. The van der Waals surface area contributed by atoms with Crippen LogP contribution >= 0.6 is 24.0 Å². The Balaban J connectivity index is 0.00000312. The van der Waals surface area contributed by atoms with Gasteiger partial charge >= 0.3 is 0 Å². The predicted octanol–water partition coefficient (Wildman–Crippen LogP) is 5.38. The van der Waals surface area contributed by atoms with Gasteiger partial charge in [-0.15, -0.1) is 12.4 Å². The average Bonchev–Trinajstić information content (AvgIpc) is 2.58.